The third-order valence-corrected chi connectivity index (χ3v) is 4.15. The number of amides is 1. The smallest absolute Gasteiger partial charge is 0.323 e. The number of unbranched alkanes of at least 4 members (excludes halogenated alkanes) is 2. The van der Waals surface area contributed by atoms with E-state index in [1.54, 1.807) is 24.3 Å². The molecule has 0 heterocycles. The topological polar surface area (TPSA) is 125 Å². The summed E-state index contributed by atoms with van der Waals surface area (Å²) in [5.74, 6) is -1.26. The molecule has 0 fully saturated rings. The van der Waals surface area contributed by atoms with Crippen molar-refractivity contribution < 1.29 is 19.4 Å². The van der Waals surface area contributed by atoms with Crippen molar-refractivity contribution in [2.24, 2.45) is 5.73 Å². The first-order valence-electron chi connectivity index (χ1n) is 8.81. The largest absolute Gasteiger partial charge is 0.480 e. The minimum absolute atomic E-state index is 0.224. The Bertz CT molecular complexity index is 625. The number of ether oxygens (including phenoxy) is 1. The fraction of sp³-hybridized carbons (Fsp3) is 0.526. The number of aliphatic carboxylic acids is 1. The number of carbonyl (C=O) groups is 2. The van der Waals surface area contributed by atoms with Crippen molar-refractivity contribution in [1.29, 1.82) is 5.26 Å². The predicted molar refractivity (Wildman–Crippen MR) is 97.6 cm³/mol. The molecule has 0 aliphatic carbocycles. The molecular formula is C19H27N3O4. The highest BCUT2D eigenvalue weighted by atomic mass is 16.5. The van der Waals surface area contributed by atoms with Gasteiger partial charge >= 0.3 is 5.97 Å². The van der Waals surface area contributed by atoms with Crippen LogP contribution in [0.1, 0.15) is 54.9 Å². The summed E-state index contributed by atoms with van der Waals surface area (Å²) in [7, 11) is 0. The lowest BCUT2D eigenvalue weighted by atomic mass is 9.90. The molecule has 1 aromatic carbocycles. The van der Waals surface area contributed by atoms with Gasteiger partial charge in [0.15, 0.2) is 0 Å². The molecule has 1 rings (SSSR count). The zero-order valence-corrected chi connectivity index (χ0v) is 15.2. The highest BCUT2D eigenvalue weighted by molar-refractivity contribution is 5.94. The zero-order valence-electron chi connectivity index (χ0n) is 15.2. The number of carbonyl (C=O) groups excluding carboxylic acids is 1. The minimum Gasteiger partial charge on any atom is -0.480 e. The van der Waals surface area contributed by atoms with Crippen LogP contribution in [-0.4, -0.2) is 42.3 Å². The van der Waals surface area contributed by atoms with Crippen molar-refractivity contribution in [1.82, 2.24) is 5.32 Å². The van der Waals surface area contributed by atoms with Crippen LogP contribution in [0.3, 0.4) is 0 Å². The van der Waals surface area contributed by atoms with Gasteiger partial charge < -0.3 is 20.9 Å². The highest BCUT2D eigenvalue weighted by Gasteiger charge is 2.32. The van der Waals surface area contributed by atoms with Crippen molar-refractivity contribution >= 4 is 11.9 Å². The molecule has 0 aliphatic rings. The van der Waals surface area contributed by atoms with Crippen LogP contribution in [0.4, 0.5) is 0 Å². The summed E-state index contributed by atoms with van der Waals surface area (Å²) >= 11 is 0. The van der Waals surface area contributed by atoms with Gasteiger partial charge in [-0.1, -0.05) is 26.2 Å². The van der Waals surface area contributed by atoms with Crippen LogP contribution < -0.4 is 11.1 Å². The number of nitrogens with two attached hydrogens (primary N) is 1. The number of hydrogen-bond acceptors (Lipinski definition) is 5. The van der Waals surface area contributed by atoms with Crippen LogP contribution in [0.25, 0.3) is 0 Å². The van der Waals surface area contributed by atoms with Crippen molar-refractivity contribution in [2.75, 3.05) is 19.8 Å². The van der Waals surface area contributed by atoms with E-state index >= 15 is 0 Å². The Morgan fingerprint density at radius 3 is 2.50 bits per heavy atom. The molecule has 0 aromatic heterocycles. The SMILES string of the molecule is CCCCCC(N)(CCOCCNC(=O)c1ccc(C#N)cc1)C(=O)O. The van der Waals surface area contributed by atoms with Gasteiger partial charge in [0.25, 0.3) is 5.91 Å². The summed E-state index contributed by atoms with van der Waals surface area (Å²) in [5, 5.41) is 20.7. The van der Waals surface area contributed by atoms with Gasteiger partial charge in [0.2, 0.25) is 0 Å². The Morgan fingerprint density at radius 1 is 1.23 bits per heavy atom. The first-order valence-corrected chi connectivity index (χ1v) is 8.81. The van der Waals surface area contributed by atoms with E-state index in [0.717, 1.165) is 19.3 Å². The molecule has 1 aromatic rings. The average Bonchev–Trinajstić information content (AvgIpc) is 2.64. The highest BCUT2D eigenvalue weighted by Crippen LogP contribution is 2.17. The van der Waals surface area contributed by atoms with Crippen molar-refractivity contribution in [3.05, 3.63) is 35.4 Å². The van der Waals surface area contributed by atoms with Crippen LogP contribution in [0.15, 0.2) is 24.3 Å². The Morgan fingerprint density at radius 2 is 1.92 bits per heavy atom. The zero-order chi connectivity index (χ0) is 19.4. The monoisotopic (exact) mass is 361 g/mol. The fourth-order valence-corrected chi connectivity index (χ4v) is 2.42. The molecule has 1 unspecified atom stereocenters. The number of nitrogens with one attached hydrogen (secondary N) is 1. The number of nitriles is 1. The lowest BCUT2D eigenvalue weighted by Gasteiger charge is -2.24. The second-order valence-electron chi connectivity index (χ2n) is 6.23. The maximum Gasteiger partial charge on any atom is 0.323 e. The Kier molecular flexibility index (Phi) is 9.34. The lowest BCUT2D eigenvalue weighted by molar-refractivity contribution is -0.144. The third-order valence-electron chi connectivity index (χ3n) is 4.15. The van der Waals surface area contributed by atoms with E-state index in [9.17, 15) is 14.7 Å². The fourth-order valence-electron chi connectivity index (χ4n) is 2.42. The molecule has 7 nitrogen and oxygen atoms in total. The molecule has 1 amide bonds. The Balaban J connectivity index is 2.27. The molecule has 0 spiro atoms. The molecule has 7 heteroatoms. The van der Waals surface area contributed by atoms with Crippen molar-refractivity contribution in [3.8, 4) is 6.07 Å². The third kappa shape index (κ3) is 7.21. The molecule has 0 saturated carbocycles. The molecule has 1 atom stereocenters. The predicted octanol–water partition coefficient (Wildman–Crippen LogP) is 2.06. The van der Waals surface area contributed by atoms with Crippen molar-refractivity contribution in [3.63, 3.8) is 0 Å². The van der Waals surface area contributed by atoms with Crippen LogP contribution in [0, 0.1) is 11.3 Å². The molecule has 0 aliphatic heterocycles. The van der Waals surface area contributed by atoms with E-state index in [1.165, 1.54) is 0 Å². The van der Waals surface area contributed by atoms with Gasteiger partial charge in [-0.3, -0.25) is 9.59 Å². The number of hydrogen-bond donors (Lipinski definition) is 3. The van der Waals surface area contributed by atoms with Crippen LogP contribution >= 0.6 is 0 Å². The van der Waals surface area contributed by atoms with Gasteiger partial charge in [0.1, 0.15) is 5.54 Å². The number of benzene rings is 1. The number of carboxylic acid groups (broad SMARTS) is 1. The molecule has 26 heavy (non-hydrogen) atoms. The van der Waals surface area contributed by atoms with E-state index in [2.05, 4.69) is 5.32 Å². The molecular weight excluding hydrogens is 334 g/mol. The number of rotatable bonds is 12. The van der Waals surface area contributed by atoms with Gasteiger partial charge in [0.05, 0.1) is 18.2 Å². The molecule has 142 valence electrons. The maximum absolute atomic E-state index is 11.9. The van der Waals surface area contributed by atoms with E-state index < -0.39 is 11.5 Å². The minimum atomic E-state index is -1.26. The summed E-state index contributed by atoms with van der Waals surface area (Å²) < 4.78 is 5.41. The standard InChI is InChI=1S/C19H27N3O4/c1-2-3-4-9-19(21,18(24)25)10-12-26-13-11-22-17(23)16-7-5-15(14-20)6-8-16/h5-8H,2-4,9-13,21H2,1H3,(H,22,23)(H,24,25). The van der Waals surface area contributed by atoms with E-state index in [0.29, 0.717) is 24.1 Å². The Hall–Kier alpha value is -2.43. The van der Waals surface area contributed by atoms with Crippen LogP contribution in [-0.2, 0) is 9.53 Å². The normalized spacial score (nSPS) is 12.8. The summed E-state index contributed by atoms with van der Waals surface area (Å²) in [5.41, 5.74) is 5.67. The number of carboxylic acids is 1. The second kappa shape index (κ2) is 11.2. The van der Waals surface area contributed by atoms with E-state index in [4.69, 9.17) is 15.7 Å². The van der Waals surface area contributed by atoms with Crippen LogP contribution in [0.5, 0.6) is 0 Å². The Labute approximate surface area is 154 Å². The van der Waals surface area contributed by atoms with Gasteiger partial charge in [-0.2, -0.15) is 5.26 Å². The number of nitrogens with zero attached hydrogens (tertiary/aromatic N) is 1. The lowest BCUT2D eigenvalue weighted by Crippen LogP contribution is -2.48. The summed E-state index contributed by atoms with van der Waals surface area (Å²) in [4.78, 5) is 23.3. The van der Waals surface area contributed by atoms with Gasteiger partial charge in [-0.15, -0.1) is 0 Å². The first-order chi connectivity index (χ1) is 12.4. The molecule has 0 saturated heterocycles. The van der Waals surface area contributed by atoms with Crippen LogP contribution in [0.2, 0.25) is 0 Å². The van der Waals surface area contributed by atoms with E-state index in [-0.39, 0.29) is 25.5 Å². The molecule has 0 bridgehead atoms. The molecule has 0 radical (unpaired) electrons. The summed E-state index contributed by atoms with van der Waals surface area (Å²) in [6, 6.07) is 8.32. The van der Waals surface area contributed by atoms with Gasteiger partial charge in [0, 0.05) is 18.7 Å². The van der Waals surface area contributed by atoms with E-state index in [1.807, 2.05) is 13.0 Å². The summed E-state index contributed by atoms with van der Waals surface area (Å²) in [6.07, 6.45) is 3.39. The van der Waals surface area contributed by atoms with Crippen molar-refractivity contribution in [2.45, 2.75) is 44.6 Å². The van der Waals surface area contributed by atoms with Gasteiger partial charge in [-0.25, -0.2) is 0 Å². The maximum atomic E-state index is 11.9. The average molecular weight is 361 g/mol. The van der Waals surface area contributed by atoms with Gasteiger partial charge in [-0.05, 0) is 37.1 Å². The second-order valence-corrected chi connectivity index (χ2v) is 6.23. The quantitative estimate of drug-likeness (QED) is 0.489. The molecule has 4 N–H and O–H groups in total. The first kappa shape index (κ1) is 21.6. The summed E-state index contributed by atoms with van der Waals surface area (Å²) in [6.45, 7) is 2.85.